The second-order valence-corrected chi connectivity index (χ2v) is 7.25. The standard InChI is InChI=1S/C16H23N3O2S/c1-12(2)22-14-7-4-3-6-13(14)15(20)18-8-5-9-19(11-10-18)16(17)21/h3-4,6-7,12H,5,8-11H2,1-2H3,(H2,17,21). The lowest BCUT2D eigenvalue weighted by atomic mass is 10.2. The van der Waals surface area contributed by atoms with Gasteiger partial charge >= 0.3 is 6.03 Å². The molecule has 0 aliphatic carbocycles. The van der Waals surface area contributed by atoms with E-state index in [1.54, 1.807) is 16.7 Å². The van der Waals surface area contributed by atoms with E-state index in [2.05, 4.69) is 13.8 Å². The summed E-state index contributed by atoms with van der Waals surface area (Å²) in [5.74, 6) is 0.0371. The average Bonchev–Trinajstić information content (AvgIpc) is 2.72. The Balaban J connectivity index is 2.13. The molecule has 3 amide bonds. The molecule has 0 bridgehead atoms. The fourth-order valence-electron chi connectivity index (χ4n) is 2.51. The predicted molar refractivity (Wildman–Crippen MR) is 89.1 cm³/mol. The van der Waals surface area contributed by atoms with Crippen molar-refractivity contribution in [2.75, 3.05) is 26.2 Å². The normalized spacial score (nSPS) is 15.8. The van der Waals surface area contributed by atoms with E-state index in [4.69, 9.17) is 5.73 Å². The summed E-state index contributed by atoms with van der Waals surface area (Å²) < 4.78 is 0. The van der Waals surface area contributed by atoms with E-state index in [0.717, 1.165) is 16.9 Å². The molecule has 0 saturated carbocycles. The maximum atomic E-state index is 12.8. The first-order chi connectivity index (χ1) is 10.5. The highest BCUT2D eigenvalue weighted by Crippen LogP contribution is 2.27. The first-order valence-electron chi connectivity index (χ1n) is 7.58. The van der Waals surface area contributed by atoms with Crippen molar-refractivity contribution in [2.45, 2.75) is 30.4 Å². The molecule has 1 aliphatic rings. The van der Waals surface area contributed by atoms with Crippen LogP contribution in [0.2, 0.25) is 0 Å². The van der Waals surface area contributed by atoms with Crippen molar-refractivity contribution in [3.63, 3.8) is 0 Å². The van der Waals surface area contributed by atoms with Crippen LogP contribution in [0.3, 0.4) is 0 Å². The average molecular weight is 321 g/mol. The van der Waals surface area contributed by atoms with Crippen LogP contribution in [0.25, 0.3) is 0 Å². The lowest BCUT2D eigenvalue weighted by molar-refractivity contribution is 0.0759. The summed E-state index contributed by atoms with van der Waals surface area (Å²) >= 11 is 1.70. The van der Waals surface area contributed by atoms with E-state index in [-0.39, 0.29) is 5.91 Å². The van der Waals surface area contributed by atoms with Crippen LogP contribution in [0, 0.1) is 0 Å². The number of nitrogens with zero attached hydrogens (tertiary/aromatic N) is 2. The van der Waals surface area contributed by atoms with Gasteiger partial charge in [0.15, 0.2) is 0 Å². The number of nitrogens with two attached hydrogens (primary N) is 1. The number of primary amides is 1. The summed E-state index contributed by atoms with van der Waals surface area (Å²) in [6.45, 7) is 6.53. The molecular formula is C16H23N3O2S. The van der Waals surface area contributed by atoms with Gasteiger partial charge in [0.1, 0.15) is 0 Å². The first kappa shape index (κ1) is 16.7. The molecule has 22 heavy (non-hydrogen) atoms. The number of thioether (sulfide) groups is 1. The van der Waals surface area contributed by atoms with Gasteiger partial charge in [-0.2, -0.15) is 0 Å². The van der Waals surface area contributed by atoms with Crippen molar-refractivity contribution in [3.05, 3.63) is 29.8 Å². The Morgan fingerprint density at radius 2 is 1.73 bits per heavy atom. The van der Waals surface area contributed by atoms with Crippen LogP contribution in [-0.4, -0.2) is 53.2 Å². The van der Waals surface area contributed by atoms with Crippen LogP contribution in [0.1, 0.15) is 30.6 Å². The number of rotatable bonds is 3. The molecule has 1 fully saturated rings. The van der Waals surface area contributed by atoms with Gasteiger partial charge in [-0.15, -0.1) is 11.8 Å². The van der Waals surface area contributed by atoms with E-state index in [1.165, 1.54) is 0 Å². The van der Waals surface area contributed by atoms with E-state index in [9.17, 15) is 9.59 Å². The summed E-state index contributed by atoms with van der Waals surface area (Å²) in [5, 5.41) is 0.420. The molecule has 6 heteroatoms. The lowest BCUT2D eigenvalue weighted by Crippen LogP contribution is -2.39. The smallest absolute Gasteiger partial charge is 0.314 e. The van der Waals surface area contributed by atoms with Gasteiger partial charge in [0, 0.05) is 36.3 Å². The molecule has 120 valence electrons. The summed E-state index contributed by atoms with van der Waals surface area (Å²) in [6, 6.07) is 7.31. The topological polar surface area (TPSA) is 66.6 Å². The van der Waals surface area contributed by atoms with Crippen molar-refractivity contribution in [3.8, 4) is 0 Å². The lowest BCUT2D eigenvalue weighted by Gasteiger charge is -2.22. The summed E-state index contributed by atoms with van der Waals surface area (Å²) in [6.07, 6.45) is 0.758. The van der Waals surface area contributed by atoms with Crippen molar-refractivity contribution in [2.24, 2.45) is 5.73 Å². The minimum Gasteiger partial charge on any atom is -0.351 e. The van der Waals surface area contributed by atoms with Gasteiger partial charge in [-0.3, -0.25) is 4.79 Å². The zero-order valence-electron chi connectivity index (χ0n) is 13.1. The zero-order valence-corrected chi connectivity index (χ0v) is 13.9. The second kappa shape index (κ2) is 7.54. The van der Waals surface area contributed by atoms with E-state index < -0.39 is 6.03 Å². The fourth-order valence-corrected chi connectivity index (χ4v) is 3.46. The SMILES string of the molecule is CC(C)Sc1ccccc1C(=O)N1CCCN(C(N)=O)CC1. The van der Waals surface area contributed by atoms with Gasteiger partial charge in [-0.05, 0) is 18.6 Å². The highest BCUT2D eigenvalue weighted by atomic mass is 32.2. The van der Waals surface area contributed by atoms with Gasteiger partial charge in [-0.1, -0.05) is 26.0 Å². The highest BCUT2D eigenvalue weighted by molar-refractivity contribution is 8.00. The molecule has 0 spiro atoms. The summed E-state index contributed by atoms with van der Waals surface area (Å²) in [4.78, 5) is 28.5. The molecule has 1 aliphatic heterocycles. The number of amides is 3. The third-order valence-corrected chi connectivity index (χ3v) is 4.66. The summed E-state index contributed by atoms with van der Waals surface area (Å²) in [7, 11) is 0. The molecule has 0 unspecified atom stereocenters. The van der Waals surface area contributed by atoms with Gasteiger partial charge in [-0.25, -0.2) is 4.79 Å². The largest absolute Gasteiger partial charge is 0.351 e. The molecule has 1 saturated heterocycles. The quantitative estimate of drug-likeness (QED) is 0.869. The molecule has 2 N–H and O–H groups in total. The van der Waals surface area contributed by atoms with Gasteiger partial charge in [0.05, 0.1) is 5.56 Å². The third kappa shape index (κ3) is 4.16. The number of carbonyl (C=O) groups excluding carboxylic acids is 2. The van der Waals surface area contributed by atoms with E-state index in [0.29, 0.717) is 31.4 Å². The Morgan fingerprint density at radius 1 is 1.09 bits per heavy atom. The Bertz CT molecular complexity index is 548. The van der Waals surface area contributed by atoms with E-state index in [1.807, 2.05) is 29.2 Å². The Labute approximate surface area is 135 Å². The number of hydrogen-bond acceptors (Lipinski definition) is 3. The Morgan fingerprint density at radius 3 is 2.41 bits per heavy atom. The minimum absolute atomic E-state index is 0.0371. The fraction of sp³-hybridized carbons (Fsp3) is 0.500. The van der Waals surface area contributed by atoms with Crippen LogP contribution in [0.15, 0.2) is 29.2 Å². The van der Waals surface area contributed by atoms with Gasteiger partial charge < -0.3 is 15.5 Å². The van der Waals surface area contributed by atoms with Crippen molar-refractivity contribution < 1.29 is 9.59 Å². The second-order valence-electron chi connectivity index (χ2n) is 5.63. The number of urea groups is 1. The molecule has 1 aromatic rings. The molecule has 5 nitrogen and oxygen atoms in total. The van der Waals surface area contributed by atoms with Crippen LogP contribution in [0.4, 0.5) is 4.79 Å². The van der Waals surface area contributed by atoms with Crippen molar-refractivity contribution in [1.29, 1.82) is 0 Å². The Kier molecular flexibility index (Phi) is 5.71. The van der Waals surface area contributed by atoms with Crippen molar-refractivity contribution in [1.82, 2.24) is 9.80 Å². The first-order valence-corrected chi connectivity index (χ1v) is 8.46. The van der Waals surface area contributed by atoms with Crippen molar-refractivity contribution >= 4 is 23.7 Å². The molecular weight excluding hydrogens is 298 g/mol. The molecule has 2 rings (SSSR count). The van der Waals surface area contributed by atoms with Crippen LogP contribution in [0.5, 0.6) is 0 Å². The molecule has 0 aromatic heterocycles. The Hall–Kier alpha value is -1.69. The number of hydrogen-bond donors (Lipinski definition) is 1. The minimum atomic E-state index is -0.412. The molecule has 0 atom stereocenters. The summed E-state index contributed by atoms with van der Waals surface area (Å²) in [5.41, 5.74) is 6.07. The zero-order chi connectivity index (χ0) is 16.1. The number of carbonyl (C=O) groups is 2. The van der Waals surface area contributed by atoms with E-state index >= 15 is 0 Å². The van der Waals surface area contributed by atoms with Crippen LogP contribution in [-0.2, 0) is 0 Å². The maximum Gasteiger partial charge on any atom is 0.314 e. The third-order valence-electron chi connectivity index (χ3n) is 3.57. The molecule has 1 aromatic carbocycles. The van der Waals surface area contributed by atoms with Gasteiger partial charge in [0.2, 0.25) is 0 Å². The predicted octanol–water partition coefficient (Wildman–Crippen LogP) is 2.41. The molecule has 0 radical (unpaired) electrons. The van der Waals surface area contributed by atoms with Gasteiger partial charge in [0.25, 0.3) is 5.91 Å². The van der Waals surface area contributed by atoms with Crippen LogP contribution < -0.4 is 5.73 Å². The highest BCUT2D eigenvalue weighted by Gasteiger charge is 2.23. The maximum absolute atomic E-state index is 12.8. The molecule has 1 heterocycles. The monoisotopic (exact) mass is 321 g/mol. The number of benzene rings is 1. The van der Waals surface area contributed by atoms with Crippen LogP contribution >= 0.6 is 11.8 Å².